The topological polar surface area (TPSA) is 46.2 Å². The molecule has 1 atom stereocenters. The minimum Gasteiger partial charge on any atom is -0.396 e. The summed E-state index contributed by atoms with van der Waals surface area (Å²) in [5.74, 6) is -1.15. The quantitative estimate of drug-likeness (QED) is 0.809. The summed E-state index contributed by atoms with van der Waals surface area (Å²) >= 11 is 0. The fourth-order valence-corrected chi connectivity index (χ4v) is 1.55. The Morgan fingerprint density at radius 3 is 2.47 bits per heavy atom. The number of nitrogens with two attached hydrogens (primary N) is 1. The first-order valence-electron chi connectivity index (χ1n) is 4.80. The highest BCUT2D eigenvalue weighted by atomic mass is 19.1. The van der Waals surface area contributed by atoms with E-state index in [9.17, 15) is 8.78 Å². The van der Waals surface area contributed by atoms with Crippen LogP contribution in [0.25, 0.3) is 0 Å². The number of hydrogen-bond acceptors (Lipinski definition) is 2. The van der Waals surface area contributed by atoms with Crippen molar-refractivity contribution in [3.8, 4) is 0 Å². The van der Waals surface area contributed by atoms with Crippen molar-refractivity contribution in [1.29, 1.82) is 0 Å². The van der Waals surface area contributed by atoms with Crippen LogP contribution in [0.4, 0.5) is 8.78 Å². The zero-order valence-corrected chi connectivity index (χ0v) is 8.85. The minimum absolute atomic E-state index is 0.00690. The first-order chi connectivity index (χ1) is 6.99. The summed E-state index contributed by atoms with van der Waals surface area (Å²) < 4.78 is 26.8. The Morgan fingerprint density at radius 2 is 1.93 bits per heavy atom. The molecule has 0 aromatic heterocycles. The monoisotopic (exact) mass is 215 g/mol. The van der Waals surface area contributed by atoms with Gasteiger partial charge in [0, 0.05) is 18.2 Å². The van der Waals surface area contributed by atoms with Crippen molar-refractivity contribution < 1.29 is 13.9 Å². The number of rotatable bonds is 3. The normalized spacial score (nSPS) is 12.9. The second kappa shape index (κ2) is 4.68. The van der Waals surface area contributed by atoms with Gasteiger partial charge in [-0.15, -0.1) is 0 Å². The Kier molecular flexibility index (Phi) is 3.77. The predicted molar refractivity (Wildman–Crippen MR) is 54.5 cm³/mol. The molecule has 0 amide bonds. The lowest BCUT2D eigenvalue weighted by molar-refractivity contribution is 0.276. The molecule has 0 saturated heterocycles. The fraction of sp³-hybridized carbons (Fsp3) is 0.455. The van der Waals surface area contributed by atoms with Crippen LogP contribution in [-0.4, -0.2) is 11.7 Å². The molecule has 0 heterocycles. The van der Waals surface area contributed by atoms with Gasteiger partial charge in [0.05, 0.1) is 0 Å². The van der Waals surface area contributed by atoms with E-state index in [2.05, 4.69) is 0 Å². The van der Waals surface area contributed by atoms with E-state index < -0.39 is 17.7 Å². The highest BCUT2D eigenvalue weighted by Crippen LogP contribution is 2.25. The first-order valence-corrected chi connectivity index (χ1v) is 4.80. The second-order valence-corrected chi connectivity index (χ2v) is 3.63. The van der Waals surface area contributed by atoms with Crippen LogP contribution in [0.5, 0.6) is 0 Å². The van der Waals surface area contributed by atoms with Crippen LogP contribution in [-0.2, 0) is 0 Å². The molecule has 4 heteroatoms. The SMILES string of the molecule is Cc1c(F)cc(C(N)CCO)c(C)c1F. The number of benzene rings is 1. The summed E-state index contributed by atoms with van der Waals surface area (Å²) in [6.07, 6.45) is 0.294. The average molecular weight is 215 g/mol. The zero-order chi connectivity index (χ0) is 11.6. The summed E-state index contributed by atoms with van der Waals surface area (Å²) in [7, 11) is 0. The highest BCUT2D eigenvalue weighted by molar-refractivity contribution is 5.35. The van der Waals surface area contributed by atoms with Crippen LogP contribution in [0.3, 0.4) is 0 Å². The number of aliphatic hydroxyl groups excluding tert-OH is 1. The molecule has 0 bridgehead atoms. The van der Waals surface area contributed by atoms with Gasteiger partial charge in [0.1, 0.15) is 11.6 Å². The van der Waals surface area contributed by atoms with E-state index in [-0.39, 0.29) is 12.2 Å². The molecule has 0 aliphatic heterocycles. The molecule has 1 aromatic carbocycles. The Bertz CT molecular complexity index is 366. The summed E-state index contributed by atoms with van der Waals surface area (Å²) in [5, 5.41) is 8.71. The van der Waals surface area contributed by atoms with Gasteiger partial charge in [-0.1, -0.05) is 0 Å². The number of aliphatic hydroxyl groups is 1. The van der Waals surface area contributed by atoms with Crippen LogP contribution in [0.15, 0.2) is 6.07 Å². The van der Waals surface area contributed by atoms with E-state index in [0.717, 1.165) is 0 Å². The lowest BCUT2D eigenvalue weighted by atomic mass is 9.97. The van der Waals surface area contributed by atoms with Gasteiger partial charge in [0.25, 0.3) is 0 Å². The molecule has 0 radical (unpaired) electrons. The molecule has 84 valence electrons. The van der Waals surface area contributed by atoms with Gasteiger partial charge < -0.3 is 10.8 Å². The smallest absolute Gasteiger partial charge is 0.132 e. The molecule has 1 unspecified atom stereocenters. The van der Waals surface area contributed by atoms with Gasteiger partial charge in [-0.05, 0) is 37.5 Å². The molecule has 2 nitrogen and oxygen atoms in total. The Morgan fingerprint density at radius 1 is 1.33 bits per heavy atom. The summed E-state index contributed by atoms with van der Waals surface area (Å²) in [5.41, 5.74) is 6.49. The zero-order valence-electron chi connectivity index (χ0n) is 8.85. The van der Waals surface area contributed by atoms with Gasteiger partial charge in [-0.25, -0.2) is 8.78 Å². The lowest BCUT2D eigenvalue weighted by Gasteiger charge is -2.15. The Hall–Kier alpha value is -1.00. The molecule has 1 rings (SSSR count). The molecule has 0 aliphatic carbocycles. The van der Waals surface area contributed by atoms with Crippen molar-refractivity contribution in [2.45, 2.75) is 26.3 Å². The minimum atomic E-state index is -0.596. The Balaban J connectivity index is 3.19. The fourth-order valence-electron chi connectivity index (χ4n) is 1.55. The number of halogens is 2. The summed E-state index contributed by atoms with van der Waals surface area (Å²) in [6.45, 7) is 2.85. The summed E-state index contributed by atoms with van der Waals surface area (Å²) in [4.78, 5) is 0. The second-order valence-electron chi connectivity index (χ2n) is 3.63. The van der Waals surface area contributed by atoms with E-state index in [1.165, 1.54) is 13.0 Å². The standard InChI is InChI=1S/C11H15F2NO/c1-6-8(10(14)3-4-15)5-9(12)7(2)11(6)13/h5,10,15H,3-4,14H2,1-2H3. The van der Waals surface area contributed by atoms with Crippen molar-refractivity contribution in [3.05, 3.63) is 34.4 Å². The first kappa shape index (κ1) is 12.1. The third kappa shape index (κ3) is 2.33. The van der Waals surface area contributed by atoms with Crippen LogP contribution in [0.2, 0.25) is 0 Å². The van der Waals surface area contributed by atoms with E-state index in [4.69, 9.17) is 10.8 Å². The maximum absolute atomic E-state index is 13.5. The van der Waals surface area contributed by atoms with Crippen molar-refractivity contribution in [1.82, 2.24) is 0 Å². The van der Waals surface area contributed by atoms with Crippen LogP contribution in [0.1, 0.15) is 29.2 Å². The number of hydrogen-bond donors (Lipinski definition) is 2. The van der Waals surface area contributed by atoms with E-state index in [0.29, 0.717) is 17.5 Å². The van der Waals surface area contributed by atoms with E-state index in [1.54, 1.807) is 6.92 Å². The van der Waals surface area contributed by atoms with Crippen molar-refractivity contribution in [2.75, 3.05) is 6.61 Å². The third-order valence-electron chi connectivity index (χ3n) is 2.57. The molecule has 0 saturated carbocycles. The third-order valence-corrected chi connectivity index (χ3v) is 2.57. The van der Waals surface area contributed by atoms with Crippen LogP contribution >= 0.6 is 0 Å². The molecule has 0 fully saturated rings. The predicted octanol–water partition coefficient (Wildman–Crippen LogP) is 1.96. The van der Waals surface area contributed by atoms with Crippen molar-refractivity contribution in [2.24, 2.45) is 5.73 Å². The molecular formula is C11H15F2NO. The molecule has 3 N–H and O–H groups in total. The maximum atomic E-state index is 13.5. The van der Waals surface area contributed by atoms with Crippen LogP contribution < -0.4 is 5.73 Å². The average Bonchev–Trinajstić information content (AvgIpc) is 2.20. The van der Waals surface area contributed by atoms with E-state index in [1.807, 2.05) is 0 Å². The van der Waals surface area contributed by atoms with Gasteiger partial charge in [-0.3, -0.25) is 0 Å². The van der Waals surface area contributed by atoms with Crippen molar-refractivity contribution >= 4 is 0 Å². The molecular weight excluding hydrogens is 200 g/mol. The van der Waals surface area contributed by atoms with Crippen LogP contribution in [0, 0.1) is 25.5 Å². The lowest BCUT2D eigenvalue weighted by Crippen LogP contribution is -2.15. The molecule has 15 heavy (non-hydrogen) atoms. The largest absolute Gasteiger partial charge is 0.396 e. The maximum Gasteiger partial charge on any atom is 0.132 e. The molecule has 0 aliphatic rings. The van der Waals surface area contributed by atoms with Gasteiger partial charge in [0.2, 0.25) is 0 Å². The van der Waals surface area contributed by atoms with E-state index >= 15 is 0 Å². The van der Waals surface area contributed by atoms with Gasteiger partial charge in [-0.2, -0.15) is 0 Å². The molecule has 0 spiro atoms. The van der Waals surface area contributed by atoms with Crippen molar-refractivity contribution in [3.63, 3.8) is 0 Å². The molecule has 1 aromatic rings. The highest BCUT2D eigenvalue weighted by Gasteiger charge is 2.16. The van der Waals surface area contributed by atoms with Gasteiger partial charge in [0.15, 0.2) is 0 Å². The van der Waals surface area contributed by atoms with Gasteiger partial charge >= 0.3 is 0 Å². The Labute approximate surface area is 87.7 Å². The summed E-state index contributed by atoms with van der Waals surface area (Å²) in [6, 6.07) is 0.716.